The van der Waals surface area contributed by atoms with Crippen LogP contribution in [-0.2, 0) is 6.42 Å². The largest absolute Gasteiger partial charge is 0.390 e. The van der Waals surface area contributed by atoms with Crippen LogP contribution >= 0.6 is 11.3 Å². The minimum Gasteiger partial charge on any atom is -0.267 e. The predicted molar refractivity (Wildman–Crippen MR) is 117 cm³/mol. The molecule has 0 unspecified atom stereocenters. The van der Waals surface area contributed by atoms with E-state index >= 15 is 0 Å². The molecular formula is C23H19N4O2S+. The highest BCUT2D eigenvalue weighted by atomic mass is 32.1. The lowest BCUT2D eigenvalue weighted by Gasteiger charge is -2.03. The number of H-pyrrole nitrogens is 1. The first-order valence-corrected chi connectivity index (χ1v) is 10.2. The van der Waals surface area contributed by atoms with Gasteiger partial charge in [0.1, 0.15) is 4.88 Å². The first kappa shape index (κ1) is 19.5. The normalized spacial score (nSPS) is 10.9. The lowest BCUT2D eigenvalue weighted by molar-refractivity contribution is -0.599. The number of aromatic nitrogens is 2. The van der Waals surface area contributed by atoms with Crippen LogP contribution in [0.3, 0.4) is 0 Å². The number of hydrogen-bond donors (Lipinski definition) is 2. The van der Waals surface area contributed by atoms with E-state index < -0.39 is 0 Å². The van der Waals surface area contributed by atoms with E-state index in [0.717, 1.165) is 23.3 Å². The Balaban J connectivity index is 1.54. The van der Waals surface area contributed by atoms with Gasteiger partial charge in [0.05, 0.1) is 18.6 Å². The van der Waals surface area contributed by atoms with Gasteiger partial charge in [-0.2, -0.15) is 10.1 Å². The van der Waals surface area contributed by atoms with Gasteiger partial charge < -0.3 is 0 Å². The third-order valence-corrected chi connectivity index (χ3v) is 5.22. The van der Waals surface area contributed by atoms with Crippen molar-refractivity contribution in [2.75, 3.05) is 0 Å². The number of carbonyl (C=O) groups excluding carboxylic acids is 1. The lowest BCUT2D eigenvalue weighted by Crippen LogP contribution is -2.32. The van der Waals surface area contributed by atoms with Crippen LogP contribution in [0.15, 0.2) is 95.1 Å². The Morgan fingerprint density at radius 2 is 1.70 bits per heavy atom. The summed E-state index contributed by atoms with van der Waals surface area (Å²) in [6.07, 6.45) is 6.11. The monoisotopic (exact) mass is 415 g/mol. The van der Waals surface area contributed by atoms with Crippen molar-refractivity contribution in [3.63, 3.8) is 0 Å². The van der Waals surface area contributed by atoms with Gasteiger partial charge in [0, 0.05) is 12.0 Å². The Morgan fingerprint density at radius 3 is 2.47 bits per heavy atom. The molecule has 7 heteroatoms. The Hall–Kier alpha value is -3.84. The van der Waals surface area contributed by atoms with Crippen molar-refractivity contribution < 1.29 is 9.36 Å². The molecule has 0 aliphatic rings. The summed E-state index contributed by atoms with van der Waals surface area (Å²) < 4.78 is 1.86. The highest BCUT2D eigenvalue weighted by Crippen LogP contribution is 2.10. The van der Waals surface area contributed by atoms with Crippen molar-refractivity contribution in [1.82, 2.24) is 10.4 Å². The summed E-state index contributed by atoms with van der Waals surface area (Å²) in [5.74, 6) is 0.298. The maximum atomic E-state index is 12.1. The van der Waals surface area contributed by atoms with Gasteiger partial charge in [-0.3, -0.25) is 4.79 Å². The number of carbonyl (C=O) groups is 1. The number of hydrazone groups is 1. The zero-order valence-corrected chi connectivity index (χ0v) is 16.8. The van der Waals surface area contributed by atoms with E-state index in [2.05, 4.69) is 27.6 Å². The highest BCUT2D eigenvalue weighted by Gasteiger charge is 2.17. The summed E-state index contributed by atoms with van der Waals surface area (Å²) in [6.45, 7) is 0. The van der Waals surface area contributed by atoms with E-state index in [1.54, 1.807) is 24.3 Å². The summed E-state index contributed by atoms with van der Waals surface area (Å²) in [4.78, 5) is 27.4. The van der Waals surface area contributed by atoms with Gasteiger partial charge in [-0.1, -0.05) is 54.6 Å². The highest BCUT2D eigenvalue weighted by molar-refractivity contribution is 7.11. The van der Waals surface area contributed by atoms with Gasteiger partial charge in [-0.25, -0.2) is 14.8 Å². The van der Waals surface area contributed by atoms with Gasteiger partial charge in [0.2, 0.25) is 0 Å². The molecule has 1 amide bonds. The summed E-state index contributed by atoms with van der Waals surface area (Å²) in [5, 5.41) is 4.02. The van der Waals surface area contributed by atoms with Crippen molar-refractivity contribution in [3.8, 4) is 5.82 Å². The van der Waals surface area contributed by atoms with Gasteiger partial charge >= 0.3 is 10.7 Å². The molecule has 0 atom stereocenters. The number of rotatable bonds is 6. The molecule has 0 fully saturated rings. The van der Waals surface area contributed by atoms with Crippen molar-refractivity contribution in [3.05, 3.63) is 116 Å². The maximum absolute atomic E-state index is 12.1. The van der Waals surface area contributed by atoms with Gasteiger partial charge in [-0.05, 0) is 40.7 Å². The minimum absolute atomic E-state index is 0.193. The molecule has 2 aromatic carbocycles. The van der Waals surface area contributed by atoms with Crippen LogP contribution in [0.2, 0.25) is 0 Å². The first-order chi connectivity index (χ1) is 14.7. The summed E-state index contributed by atoms with van der Waals surface area (Å²) in [5.41, 5.74) is 5.32. The van der Waals surface area contributed by atoms with Crippen molar-refractivity contribution in [1.29, 1.82) is 0 Å². The van der Waals surface area contributed by atoms with E-state index in [1.807, 2.05) is 53.4 Å². The quantitative estimate of drug-likeness (QED) is 0.288. The molecule has 2 N–H and O–H groups in total. The molecule has 0 aliphatic carbocycles. The Bertz CT molecular complexity index is 1230. The Morgan fingerprint density at radius 1 is 1.00 bits per heavy atom. The standard InChI is InChI=1S/C23H18N4O2S/c28-22(19-11-5-2-6-12-19)26-24-15-20-21(25-23(29)30-20)27-13-7-10-18(16-27)14-17-8-3-1-4-9-17/h1-13,15-16H,14H2,(H-,24,25,26,28,29)/p+1. The molecule has 0 saturated carbocycles. The van der Waals surface area contributed by atoms with Crippen molar-refractivity contribution >= 4 is 23.5 Å². The molecule has 6 nitrogen and oxygen atoms in total. The van der Waals surface area contributed by atoms with Gasteiger partial charge in [0.25, 0.3) is 5.91 Å². The Labute approximate surface area is 177 Å². The van der Waals surface area contributed by atoms with E-state index in [4.69, 9.17) is 0 Å². The fraction of sp³-hybridized carbons (Fsp3) is 0.0435. The van der Waals surface area contributed by atoms with Crippen LogP contribution < -0.4 is 14.9 Å². The van der Waals surface area contributed by atoms with E-state index in [0.29, 0.717) is 16.3 Å². The number of thiazole rings is 1. The van der Waals surface area contributed by atoms with Crippen LogP contribution in [0.25, 0.3) is 5.82 Å². The number of nitrogens with one attached hydrogen (secondary N) is 2. The minimum atomic E-state index is -0.311. The van der Waals surface area contributed by atoms with E-state index in [-0.39, 0.29) is 10.8 Å². The molecule has 0 spiro atoms. The molecule has 30 heavy (non-hydrogen) atoms. The second-order valence-corrected chi connectivity index (χ2v) is 7.59. The van der Waals surface area contributed by atoms with E-state index in [1.165, 1.54) is 11.8 Å². The summed E-state index contributed by atoms with van der Waals surface area (Å²) in [7, 11) is 0. The molecule has 148 valence electrons. The second kappa shape index (κ2) is 9.11. The van der Waals surface area contributed by atoms with E-state index in [9.17, 15) is 9.59 Å². The zero-order chi connectivity index (χ0) is 20.8. The second-order valence-electron chi connectivity index (χ2n) is 6.57. The van der Waals surface area contributed by atoms with Crippen LogP contribution in [0.1, 0.15) is 26.4 Å². The van der Waals surface area contributed by atoms with Gasteiger partial charge in [-0.15, -0.1) is 0 Å². The lowest BCUT2D eigenvalue weighted by atomic mass is 10.1. The predicted octanol–water partition coefficient (Wildman–Crippen LogP) is 3.07. The smallest absolute Gasteiger partial charge is 0.267 e. The fourth-order valence-electron chi connectivity index (χ4n) is 3.01. The molecule has 0 radical (unpaired) electrons. The number of pyridine rings is 1. The number of aromatic amines is 1. The van der Waals surface area contributed by atoms with Crippen LogP contribution in [-0.4, -0.2) is 17.1 Å². The molecule has 0 aliphatic heterocycles. The van der Waals surface area contributed by atoms with Crippen LogP contribution in [0, 0.1) is 0 Å². The van der Waals surface area contributed by atoms with Crippen LogP contribution in [0.5, 0.6) is 0 Å². The van der Waals surface area contributed by atoms with Crippen molar-refractivity contribution in [2.45, 2.75) is 6.42 Å². The Kier molecular flexibility index (Phi) is 5.91. The molecule has 4 rings (SSSR count). The molecular weight excluding hydrogens is 396 g/mol. The number of benzene rings is 2. The summed E-state index contributed by atoms with van der Waals surface area (Å²) in [6, 6.07) is 23.0. The summed E-state index contributed by atoms with van der Waals surface area (Å²) >= 11 is 1.03. The maximum Gasteiger partial charge on any atom is 0.390 e. The average Bonchev–Trinajstić information content (AvgIpc) is 3.15. The molecule has 4 aromatic rings. The molecule has 2 heterocycles. The topological polar surface area (TPSA) is 78.2 Å². The number of hydrogen-bond acceptors (Lipinski definition) is 4. The molecule has 0 saturated heterocycles. The zero-order valence-electron chi connectivity index (χ0n) is 16.0. The fourth-order valence-corrected chi connectivity index (χ4v) is 3.72. The van der Waals surface area contributed by atoms with Crippen molar-refractivity contribution in [2.24, 2.45) is 5.10 Å². The average molecular weight is 415 g/mol. The van der Waals surface area contributed by atoms with Gasteiger partial charge in [0.15, 0.2) is 0 Å². The molecule has 2 aromatic heterocycles. The third kappa shape index (κ3) is 4.76. The SMILES string of the molecule is O=C(NN=Cc1sc(=O)[nH]c1-[n+]1cccc(Cc2ccccc2)c1)c1ccccc1. The van der Waals surface area contributed by atoms with Crippen LogP contribution in [0.4, 0.5) is 0 Å². The first-order valence-electron chi connectivity index (χ1n) is 9.35. The molecule has 0 bridgehead atoms. The number of amides is 1. The number of nitrogens with zero attached hydrogens (tertiary/aromatic N) is 2. The third-order valence-electron chi connectivity index (χ3n) is 4.41.